The molecular formula is C30H38. The number of benzene rings is 3. The minimum atomic E-state index is 0.402. The Morgan fingerprint density at radius 1 is 0.467 bits per heavy atom. The van der Waals surface area contributed by atoms with Crippen LogP contribution in [0.25, 0.3) is 0 Å². The van der Waals surface area contributed by atoms with Crippen LogP contribution in [0, 0.1) is 0 Å². The van der Waals surface area contributed by atoms with Crippen molar-refractivity contribution in [2.24, 2.45) is 0 Å². The van der Waals surface area contributed by atoms with E-state index in [1.54, 1.807) is 0 Å². The molecule has 3 aromatic rings. The van der Waals surface area contributed by atoms with Gasteiger partial charge in [0.1, 0.15) is 0 Å². The molecule has 0 aliphatic heterocycles. The van der Waals surface area contributed by atoms with Crippen molar-refractivity contribution in [3.63, 3.8) is 0 Å². The van der Waals surface area contributed by atoms with E-state index in [2.05, 4.69) is 97.9 Å². The van der Waals surface area contributed by atoms with Crippen LogP contribution in [0.5, 0.6) is 0 Å². The second kappa shape index (κ2) is 13.1. The smallest absolute Gasteiger partial charge is 0.0158 e. The molecule has 30 heavy (non-hydrogen) atoms. The molecule has 0 saturated heterocycles. The molecule has 0 nitrogen and oxygen atoms in total. The van der Waals surface area contributed by atoms with Gasteiger partial charge in [0, 0.05) is 5.92 Å². The standard InChI is InChI=1S/C30H38/c1-2-3-4-5-6-7-8-18-25-29(26-19-12-9-13-20-26)30(27-21-14-10-15-22-27)28-23-16-11-17-24-28/h9-17,19-24,29-30H,2-8,18,25H2,1H3. The van der Waals surface area contributed by atoms with Crippen LogP contribution in [-0.2, 0) is 0 Å². The SMILES string of the molecule is CCCCCCCCCCC(c1ccccc1)C(c1ccccc1)c1ccccc1. The lowest BCUT2D eigenvalue weighted by Gasteiger charge is -2.29. The van der Waals surface area contributed by atoms with Gasteiger partial charge in [-0.15, -0.1) is 0 Å². The molecule has 0 fully saturated rings. The first-order valence-corrected chi connectivity index (χ1v) is 12.0. The van der Waals surface area contributed by atoms with E-state index in [1.165, 1.54) is 74.5 Å². The first-order chi connectivity index (χ1) is 14.9. The molecule has 158 valence electrons. The molecule has 0 heterocycles. The predicted octanol–water partition coefficient (Wildman–Crippen LogP) is 9.13. The van der Waals surface area contributed by atoms with Gasteiger partial charge in [-0.25, -0.2) is 0 Å². The predicted molar refractivity (Wildman–Crippen MR) is 131 cm³/mol. The molecule has 0 saturated carbocycles. The van der Waals surface area contributed by atoms with Gasteiger partial charge in [-0.1, -0.05) is 149 Å². The van der Waals surface area contributed by atoms with Gasteiger partial charge in [-0.05, 0) is 29.0 Å². The second-order valence-corrected chi connectivity index (χ2v) is 8.58. The summed E-state index contributed by atoms with van der Waals surface area (Å²) in [4.78, 5) is 0. The summed E-state index contributed by atoms with van der Waals surface area (Å²) in [5.41, 5.74) is 4.33. The van der Waals surface area contributed by atoms with Crippen LogP contribution in [0.1, 0.15) is 93.2 Å². The maximum Gasteiger partial charge on any atom is 0.0158 e. The summed E-state index contributed by atoms with van der Waals surface area (Å²) >= 11 is 0. The van der Waals surface area contributed by atoms with Gasteiger partial charge in [0.2, 0.25) is 0 Å². The van der Waals surface area contributed by atoms with Crippen LogP contribution in [0.2, 0.25) is 0 Å². The fourth-order valence-corrected chi connectivity index (χ4v) is 4.70. The molecule has 0 spiro atoms. The van der Waals surface area contributed by atoms with Crippen molar-refractivity contribution in [2.45, 2.75) is 76.5 Å². The summed E-state index contributed by atoms with van der Waals surface area (Å²) < 4.78 is 0. The molecule has 0 bridgehead atoms. The summed E-state index contributed by atoms with van der Waals surface area (Å²) in [5.74, 6) is 0.912. The fourth-order valence-electron chi connectivity index (χ4n) is 4.70. The van der Waals surface area contributed by atoms with Crippen LogP contribution in [-0.4, -0.2) is 0 Å². The maximum atomic E-state index is 2.33. The number of rotatable bonds is 13. The third-order valence-corrected chi connectivity index (χ3v) is 6.32. The monoisotopic (exact) mass is 398 g/mol. The van der Waals surface area contributed by atoms with Crippen molar-refractivity contribution in [1.29, 1.82) is 0 Å². The largest absolute Gasteiger partial charge is 0.0654 e. The first-order valence-electron chi connectivity index (χ1n) is 12.0. The molecule has 0 heteroatoms. The van der Waals surface area contributed by atoms with Crippen LogP contribution >= 0.6 is 0 Å². The molecule has 1 atom stereocenters. The molecule has 0 aromatic heterocycles. The van der Waals surface area contributed by atoms with Crippen LogP contribution in [0.15, 0.2) is 91.0 Å². The Morgan fingerprint density at radius 2 is 0.867 bits per heavy atom. The third kappa shape index (κ3) is 6.87. The van der Waals surface area contributed by atoms with Gasteiger partial charge in [0.05, 0.1) is 0 Å². The van der Waals surface area contributed by atoms with Crippen molar-refractivity contribution >= 4 is 0 Å². The Morgan fingerprint density at radius 3 is 1.33 bits per heavy atom. The number of unbranched alkanes of at least 4 members (excludes halogenated alkanes) is 7. The van der Waals surface area contributed by atoms with Crippen molar-refractivity contribution in [3.05, 3.63) is 108 Å². The minimum absolute atomic E-state index is 0.402. The Labute approximate surface area is 184 Å². The minimum Gasteiger partial charge on any atom is -0.0654 e. The highest BCUT2D eigenvalue weighted by atomic mass is 14.3. The molecule has 0 aliphatic rings. The molecular weight excluding hydrogens is 360 g/mol. The van der Waals surface area contributed by atoms with Gasteiger partial charge in [-0.2, -0.15) is 0 Å². The highest BCUT2D eigenvalue weighted by Crippen LogP contribution is 2.41. The lowest BCUT2D eigenvalue weighted by molar-refractivity contribution is 0.501. The summed E-state index contributed by atoms with van der Waals surface area (Å²) in [6.45, 7) is 2.29. The lowest BCUT2D eigenvalue weighted by atomic mass is 9.75. The van der Waals surface area contributed by atoms with Crippen LogP contribution in [0.3, 0.4) is 0 Å². The summed E-state index contributed by atoms with van der Waals surface area (Å²) in [7, 11) is 0. The normalized spacial score (nSPS) is 12.2. The molecule has 0 aliphatic carbocycles. The van der Waals surface area contributed by atoms with E-state index in [0.717, 1.165) is 0 Å². The molecule has 0 N–H and O–H groups in total. The maximum absolute atomic E-state index is 2.33. The summed E-state index contributed by atoms with van der Waals surface area (Å²) in [6, 6.07) is 33.4. The van der Waals surface area contributed by atoms with E-state index in [4.69, 9.17) is 0 Å². The topological polar surface area (TPSA) is 0 Å². The lowest BCUT2D eigenvalue weighted by Crippen LogP contribution is -2.13. The van der Waals surface area contributed by atoms with Gasteiger partial charge in [-0.3, -0.25) is 0 Å². The Kier molecular flexibility index (Phi) is 9.73. The van der Waals surface area contributed by atoms with Crippen molar-refractivity contribution in [2.75, 3.05) is 0 Å². The number of hydrogen-bond acceptors (Lipinski definition) is 0. The van der Waals surface area contributed by atoms with Crippen molar-refractivity contribution in [3.8, 4) is 0 Å². The molecule has 3 rings (SSSR count). The van der Waals surface area contributed by atoms with Crippen molar-refractivity contribution < 1.29 is 0 Å². The van der Waals surface area contributed by atoms with Crippen LogP contribution in [0.4, 0.5) is 0 Å². The summed E-state index contributed by atoms with van der Waals surface area (Å²) in [5, 5.41) is 0. The Bertz CT molecular complexity index is 752. The zero-order chi connectivity index (χ0) is 20.9. The first kappa shape index (κ1) is 22.3. The Hall–Kier alpha value is -2.34. The molecule has 0 radical (unpaired) electrons. The molecule has 1 unspecified atom stereocenters. The fraction of sp³-hybridized carbons (Fsp3) is 0.400. The average Bonchev–Trinajstić information content (AvgIpc) is 2.82. The van der Waals surface area contributed by atoms with Gasteiger partial charge in [0.25, 0.3) is 0 Å². The highest BCUT2D eigenvalue weighted by Gasteiger charge is 2.26. The molecule has 0 amide bonds. The van der Waals surface area contributed by atoms with E-state index in [1.807, 2.05) is 0 Å². The van der Waals surface area contributed by atoms with E-state index in [9.17, 15) is 0 Å². The van der Waals surface area contributed by atoms with E-state index in [-0.39, 0.29) is 0 Å². The van der Waals surface area contributed by atoms with Crippen LogP contribution < -0.4 is 0 Å². The van der Waals surface area contributed by atoms with E-state index in [0.29, 0.717) is 11.8 Å². The van der Waals surface area contributed by atoms with E-state index < -0.39 is 0 Å². The van der Waals surface area contributed by atoms with Gasteiger partial charge >= 0.3 is 0 Å². The zero-order valence-electron chi connectivity index (χ0n) is 18.7. The van der Waals surface area contributed by atoms with Crippen molar-refractivity contribution in [1.82, 2.24) is 0 Å². The quantitative estimate of drug-likeness (QED) is 0.252. The molecule has 3 aromatic carbocycles. The number of hydrogen-bond donors (Lipinski definition) is 0. The van der Waals surface area contributed by atoms with E-state index >= 15 is 0 Å². The highest BCUT2D eigenvalue weighted by molar-refractivity contribution is 5.38. The zero-order valence-corrected chi connectivity index (χ0v) is 18.7. The second-order valence-electron chi connectivity index (χ2n) is 8.58. The van der Waals surface area contributed by atoms with Gasteiger partial charge < -0.3 is 0 Å². The average molecular weight is 399 g/mol. The Balaban J connectivity index is 1.74. The third-order valence-electron chi connectivity index (χ3n) is 6.32. The van der Waals surface area contributed by atoms with Gasteiger partial charge in [0.15, 0.2) is 0 Å². The summed E-state index contributed by atoms with van der Waals surface area (Å²) in [6.07, 6.45) is 12.2.